The summed E-state index contributed by atoms with van der Waals surface area (Å²) in [5, 5.41) is 9.45. The quantitative estimate of drug-likeness (QED) is 0.783. The molecule has 0 spiro atoms. The van der Waals surface area contributed by atoms with Gasteiger partial charge in [0, 0.05) is 18.4 Å². The molecular weight excluding hydrogens is 200 g/mol. The van der Waals surface area contributed by atoms with E-state index in [9.17, 15) is 9.90 Å². The highest BCUT2D eigenvalue weighted by atomic mass is 16.3. The molecule has 0 heterocycles. The second-order valence-corrected chi connectivity index (χ2v) is 6.08. The van der Waals surface area contributed by atoms with Gasteiger partial charge >= 0.3 is 0 Å². The number of carbonyl (C=O) groups is 1. The molecule has 0 aromatic heterocycles. The minimum Gasteiger partial charge on any atom is -0.396 e. The third-order valence-electron chi connectivity index (χ3n) is 5.25. The van der Waals surface area contributed by atoms with E-state index >= 15 is 0 Å². The maximum absolute atomic E-state index is 12.1. The van der Waals surface area contributed by atoms with Crippen LogP contribution in [0.25, 0.3) is 0 Å². The molecule has 2 aliphatic rings. The zero-order valence-corrected chi connectivity index (χ0v) is 10.5. The third kappa shape index (κ3) is 1.81. The molecule has 0 saturated heterocycles. The number of hydrogen-bond acceptors (Lipinski definition) is 2. The molecular formula is C14H24O2. The van der Waals surface area contributed by atoms with Gasteiger partial charge in [-0.2, -0.15) is 0 Å². The average Bonchev–Trinajstić information content (AvgIpc) is 2.57. The highest BCUT2D eigenvalue weighted by Crippen LogP contribution is 2.51. The average molecular weight is 224 g/mol. The lowest BCUT2D eigenvalue weighted by atomic mass is 9.63. The Bertz CT molecular complexity index is 266. The fourth-order valence-electron chi connectivity index (χ4n) is 3.80. The van der Waals surface area contributed by atoms with Gasteiger partial charge in [-0.1, -0.05) is 26.7 Å². The number of aliphatic hydroxyl groups is 1. The summed E-state index contributed by atoms with van der Waals surface area (Å²) >= 11 is 0. The summed E-state index contributed by atoms with van der Waals surface area (Å²) < 4.78 is 0. The molecule has 0 bridgehead atoms. The van der Waals surface area contributed by atoms with Crippen LogP contribution in [0.1, 0.15) is 52.4 Å². The molecule has 0 aromatic carbocycles. The summed E-state index contributed by atoms with van der Waals surface area (Å²) in [6, 6.07) is 0. The van der Waals surface area contributed by atoms with Crippen LogP contribution in [0, 0.1) is 23.2 Å². The van der Waals surface area contributed by atoms with Gasteiger partial charge in [0.15, 0.2) is 0 Å². The second-order valence-electron chi connectivity index (χ2n) is 6.08. The number of ketones is 1. The van der Waals surface area contributed by atoms with Gasteiger partial charge in [-0.25, -0.2) is 0 Å². The maximum atomic E-state index is 12.1. The van der Waals surface area contributed by atoms with Crippen LogP contribution < -0.4 is 0 Å². The minimum absolute atomic E-state index is 0.189. The monoisotopic (exact) mass is 224 g/mol. The summed E-state index contributed by atoms with van der Waals surface area (Å²) in [7, 11) is 0. The lowest BCUT2D eigenvalue weighted by Gasteiger charge is -2.40. The van der Waals surface area contributed by atoms with Crippen molar-refractivity contribution in [2.24, 2.45) is 23.2 Å². The lowest BCUT2D eigenvalue weighted by Crippen LogP contribution is -2.40. The van der Waals surface area contributed by atoms with E-state index in [4.69, 9.17) is 0 Å². The summed E-state index contributed by atoms with van der Waals surface area (Å²) in [6.07, 6.45) is 6.46. The Hall–Kier alpha value is -0.370. The maximum Gasteiger partial charge on any atom is 0.139 e. The molecule has 0 radical (unpaired) electrons. The van der Waals surface area contributed by atoms with Crippen molar-refractivity contribution in [3.05, 3.63) is 0 Å². The smallest absolute Gasteiger partial charge is 0.139 e. The number of carbonyl (C=O) groups excluding carboxylic acids is 1. The van der Waals surface area contributed by atoms with Crippen LogP contribution in [0.4, 0.5) is 0 Å². The van der Waals surface area contributed by atoms with E-state index in [1.807, 2.05) is 0 Å². The Kier molecular flexibility index (Phi) is 3.39. The summed E-state index contributed by atoms with van der Waals surface area (Å²) in [5.74, 6) is 1.98. The number of rotatable bonds is 2. The number of Topliss-reactive ketones (excluding diaryl/α,β-unsaturated/α-hetero) is 1. The summed E-state index contributed by atoms with van der Waals surface area (Å²) in [4.78, 5) is 12.1. The lowest BCUT2D eigenvalue weighted by molar-refractivity contribution is -0.131. The standard InChI is InChI=1S/C14H24O2/c1-10-3-5-11(6-4-10)14(2)12(9-15)7-8-13(14)16/h10-12,15H,3-9H2,1-2H3/t10?,11?,12-,14-/m1/s1. The molecule has 0 unspecified atom stereocenters. The highest BCUT2D eigenvalue weighted by Gasteiger charge is 2.50. The molecule has 1 N–H and O–H groups in total. The zero-order chi connectivity index (χ0) is 11.8. The van der Waals surface area contributed by atoms with Crippen molar-refractivity contribution < 1.29 is 9.90 Å². The normalized spacial score (nSPS) is 44.9. The molecule has 2 saturated carbocycles. The summed E-state index contributed by atoms with van der Waals surface area (Å²) in [6.45, 7) is 4.61. The van der Waals surface area contributed by atoms with Gasteiger partial charge < -0.3 is 5.11 Å². The van der Waals surface area contributed by atoms with Crippen molar-refractivity contribution in [2.75, 3.05) is 6.61 Å². The Morgan fingerprint density at radius 2 is 1.88 bits per heavy atom. The van der Waals surface area contributed by atoms with E-state index < -0.39 is 0 Å². The van der Waals surface area contributed by atoms with Gasteiger partial charge in [-0.15, -0.1) is 0 Å². The Labute approximate surface area is 98.4 Å². The van der Waals surface area contributed by atoms with Crippen LogP contribution in [0.5, 0.6) is 0 Å². The molecule has 0 aliphatic heterocycles. The first kappa shape index (κ1) is 12.1. The van der Waals surface area contributed by atoms with E-state index in [0.29, 0.717) is 18.1 Å². The van der Waals surface area contributed by atoms with Gasteiger partial charge in [0.05, 0.1) is 0 Å². The van der Waals surface area contributed by atoms with E-state index in [2.05, 4.69) is 13.8 Å². The predicted molar refractivity (Wildman–Crippen MR) is 64.0 cm³/mol. The molecule has 92 valence electrons. The fourth-order valence-corrected chi connectivity index (χ4v) is 3.80. The first-order valence-corrected chi connectivity index (χ1v) is 6.73. The first-order valence-electron chi connectivity index (χ1n) is 6.73. The highest BCUT2D eigenvalue weighted by molar-refractivity contribution is 5.87. The van der Waals surface area contributed by atoms with Crippen molar-refractivity contribution in [1.29, 1.82) is 0 Å². The molecule has 16 heavy (non-hydrogen) atoms. The van der Waals surface area contributed by atoms with Crippen LogP contribution in [-0.4, -0.2) is 17.5 Å². The van der Waals surface area contributed by atoms with Crippen molar-refractivity contribution in [3.63, 3.8) is 0 Å². The predicted octanol–water partition coefficient (Wildman–Crippen LogP) is 2.79. The molecule has 0 aromatic rings. The SMILES string of the molecule is CC1CCC([C@@]2(C)C(=O)CC[C@@H]2CO)CC1. The molecule has 2 nitrogen and oxygen atoms in total. The molecule has 2 atom stereocenters. The second kappa shape index (κ2) is 4.48. The van der Waals surface area contributed by atoms with Crippen LogP contribution in [0.2, 0.25) is 0 Å². The van der Waals surface area contributed by atoms with Crippen LogP contribution in [-0.2, 0) is 4.79 Å². The van der Waals surface area contributed by atoms with Crippen LogP contribution in [0.3, 0.4) is 0 Å². The topological polar surface area (TPSA) is 37.3 Å². The van der Waals surface area contributed by atoms with Gasteiger partial charge in [-0.3, -0.25) is 4.79 Å². The van der Waals surface area contributed by atoms with Gasteiger partial charge in [-0.05, 0) is 37.0 Å². The number of hydrogen-bond donors (Lipinski definition) is 1. The van der Waals surface area contributed by atoms with Crippen molar-refractivity contribution in [2.45, 2.75) is 52.4 Å². The Morgan fingerprint density at radius 3 is 2.44 bits per heavy atom. The van der Waals surface area contributed by atoms with E-state index in [1.165, 1.54) is 25.7 Å². The van der Waals surface area contributed by atoms with E-state index in [0.717, 1.165) is 12.3 Å². The van der Waals surface area contributed by atoms with Gasteiger partial charge in [0.25, 0.3) is 0 Å². The largest absolute Gasteiger partial charge is 0.396 e. The van der Waals surface area contributed by atoms with E-state index in [1.54, 1.807) is 0 Å². The van der Waals surface area contributed by atoms with E-state index in [-0.39, 0.29) is 17.9 Å². The van der Waals surface area contributed by atoms with Gasteiger partial charge in [0.2, 0.25) is 0 Å². The number of aliphatic hydroxyl groups excluding tert-OH is 1. The fraction of sp³-hybridized carbons (Fsp3) is 0.929. The van der Waals surface area contributed by atoms with Crippen LogP contribution in [0.15, 0.2) is 0 Å². The van der Waals surface area contributed by atoms with Crippen LogP contribution >= 0.6 is 0 Å². The molecule has 2 aliphatic carbocycles. The molecule has 2 rings (SSSR count). The van der Waals surface area contributed by atoms with Crippen molar-refractivity contribution in [1.82, 2.24) is 0 Å². The Morgan fingerprint density at radius 1 is 1.25 bits per heavy atom. The zero-order valence-electron chi connectivity index (χ0n) is 10.5. The van der Waals surface area contributed by atoms with Gasteiger partial charge in [0.1, 0.15) is 5.78 Å². The Balaban J connectivity index is 2.13. The molecule has 2 fully saturated rings. The minimum atomic E-state index is -0.213. The molecule has 0 amide bonds. The first-order chi connectivity index (χ1) is 7.59. The van der Waals surface area contributed by atoms with Crippen molar-refractivity contribution >= 4 is 5.78 Å². The molecule has 2 heteroatoms. The third-order valence-corrected chi connectivity index (χ3v) is 5.25. The summed E-state index contributed by atoms with van der Waals surface area (Å²) in [5.41, 5.74) is -0.213. The van der Waals surface area contributed by atoms with Crippen molar-refractivity contribution in [3.8, 4) is 0 Å².